The summed E-state index contributed by atoms with van der Waals surface area (Å²) in [6, 6.07) is 14.0. The van der Waals surface area contributed by atoms with Crippen molar-refractivity contribution in [3.05, 3.63) is 64.4 Å². The van der Waals surface area contributed by atoms with Crippen LogP contribution in [0.3, 0.4) is 0 Å². The Morgan fingerprint density at radius 3 is 2.45 bits per heavy atom. The summed E-state index contributed by atoms with van der Waals surface area (Å²) >= 11 is 3.44. The van der Waals surface area contributed by atoms with Crippen LogP contribution in [0.25, 0.3) is 0 Å². The van der Waals surface area contributed by atoms with Gasteiger partial charge in [0.25, 0.3) is 0 Å². The molecule has 0 saturated heterocycles. The Morgan fingerprint density at radius 1 is 1.15 bits per heavy atom. The molecule has 0 fully saturated rings. The first-order valence-electron chi connectivity index (χ1n) is 6.47. The van der Waals surface area contributed by atoms with E-state index in [0.29, 0.717) is 13.0 Å². The van der Waals surface area contributed by atoms with Crippen LogP contribution >= 0.6 is 15.9 Å². The van der Waals surface area contributed by atoms with E-state index in [-0.39, 0.29) is 5.82 Å². The van der Waals surface area contributed by atoms with Crippen LogP contribution < -0.4 is 4.90 Å². The number of rotatable bonds is 5. The van der Waals surface area contributed by atoms with E-state index in [1.54, 1.807) is 12.1 Å². The van der Waals surface area contributed by atoms with Gasteiger partial charge in [-0.1, -0.05) is 34.1 Å². The van der Waals surface area contributed by atoms with E-state index in [1.165, 1.54) is 12.1 Å². The first-order valence-corrected chi connectivity index (χ1v) is 7.26. The monoisotopic (exact) mass is 337 g/mol. The molecule has 1 N–H and O–H groups in total. The van der Waals surface area contributed by atoms with Crippen molar-refractivity contribution in [1.29, 1.82) is 0 Å². The zero-order valence-corrected chi connectivity index (χ0v) is 12.8. The molecule has 0 radical (unpaired) electrons. The highest BCUT2D eigenvalue weighted by Gasteiger charge is 2.12. The van der Waals surface area contributed by atoms with E-state index in [1.807, 2.05) is 36.2 Å². The van der Waals surface area contributed by atoms with Crippen molar-refractivity contribution in [2.24, 2.45) is 0 Å². The Kier molecular flexibility index (Phi) is 5.15. The van der Waals surface area contributed by atoms with Gasteiger partial charge in [-0.05, 0) is 42.3 Å². The molecule has 0 amide bonds. The minimum atomic E-state index is -0.520. The predicted molar refractivity (Wildman–Crippen MR) is 83.4 cm³/mol. The van der Waals surface area contributed by atoms with Crippen LogP contribution in [0.15, 0.2) is 53.0 Å². The van der Waals surface area contributed by atoms with Gasteiger partial charge in [0.1, 0.15) is 5.82 Å². The summed E-state index contributed by atoms with van der Waals surface area (Å²) in [6.07, 6.45) is 0.0877. The third-order valence-electron chi connectivity index (χ3n) is 3.27. The van der Waals surface area contributed by atoms with Crippen molar-refractivity contribution in [3.63, 3.8) is 0 Å². The molecule has 2 rings (SSSR count). The fourth-order valence-electron chi connectivity index (χ4n) is 2.04. The largest absolute Gasteiger partial charge is 0.388 e. The summed E-state index contributed by atoms with van der Waals surface area (Å²) in [5, 5.41) is 10.2. The molecule has 0 aliphatic carbocycles. The highest BCUT2D eigenvalue weighted by atomic mass is 79.9. The lowest BCUT2D eigenvalue weighted by Crippen LogP contribution is -2.20. The van der Waals surface area contributed by atoms with E-state index in [9.17, 15) is 9.50 Å². The topological polar surface area (TPSA) is 23.5 Å². The number of halogens is 2. The number of hydrogen-bond acceptors (Lipinski definition) is 2. The van der Waals surface area contributed by atoms with Crippen molar-refractivity contribution in [2.45, 2.75) is 12.5 Å². The molecular formula is C16H17BrFNO. The SMILES string of the molecule is CN(CCC(O)c1ccccc1Br)c1ccc(F)cc1. The minimum absolute atomic E-state index is 0.240. The van der Waals surface area contributed by atoms with E-state index >= 15 is 0 Å². The Hall–Kier alpha value is -1.39. The summed E-state index contributed by atoms with van der Waals surface area (Å²) in [6.45, 7) is 0.689. The lowest BCUT2D eigenvalue weighted by molar-refractivity contribution is 0.169. The minimum Gasteiger partial charge on any atom is -0.388 e. The van der Waals surface area contributed by atoms with Gasteiger partial charge in [-0.15, -0.1) is 0 Å². The van der Waals surface area contributed by atoms with Crippen LogP contribution in [0.5, 0.6) is 0 Å². The Labute approximate surface area is 127 Å². The van der Waals surface area contributed by atoms with Crippen molar-refractivity contribution in [1.82, 2.24) is 0 Å². The highest BCUT2D eigenvalue weighted by Crippen LogP contribution is 2.26. The third-order valence-corrected chi connectivity index (χ3v) is 3.99. The maximum Gasteiger partial charge on any atom is 0.123 e. The van der Waals surface area contributed by atoms with Crippen LogP contribution in [0.4, 0.5) is 10.1 Å². The lowest BCUT2D eigenvalue weighted by atomic mass is 10.1. The molecule has 0 heterocycles. The number of nitrogens with zero attached hydrogens (tertiary/aromatic N) is 1. The molecule has 4 heteroatoms. The molecular weight excluding hydrogens is 321 g/mol. The molecule has 0 aliphatic rings. The maximum atomic E-state index is 12.9. The molecule has 0 spiro atoms. The van der Waals surface area contributed by atoms with Crippen LogP contribution in [-0.4, -0.2) is 18.7 Å². The van der Waals surface area contributed by atoms with Gasteiger partial charge in [0.15, 0.2) is 0 Å². The molecule has 2 nitrogen and oxygen atoms in total. The second-order valence-corrected chi connectivity index (χ2v) is 5.58. The first kappa shape index (κ1) is 15.0. The number of aliphatic hydroxyl groups is 1. The van der Waals surface area contributed by atoms with Gasteiger partial charge in [0.2, 0.25) is 0 Å². The lowest BCUT2D eigenvalue weighted by Gasteiger charge is -2.21. The van der Waals surface area contributed by atoms with E-state index in [4.69, 9.17) is 0 Å². The van der Waals surface area contributed by atoms with Gasteiger partial charge < -0.3 is 10.0 Å². The zero-order chi connectivity index (χ0) is 14.5. The molecule has 0 aliphatic heterocycles. The second kappa shape index (κ2) is 6.86. The Balaban J connectivity index is 1.95. The van der Waals surface area contributed by atoms with Gasteiger partial charge in [0.05, 0.1) is 6.10 Å². The summed E-state index contributed by atoms with van der Waals surface area (Å²) in [5.41, 5.74) is 1.82. The average Bonchev–Trinajstić information content (AvgIpc) is 2.45. The maximum absolute atomic E-state index is 12.9. The van der Waals surface area contributed by atoms with Crippen LogP contribution in [0.2, 0.25) is 0 Å². The fourth-order valence-corrected chi connectivity index (χ4v) is 2.59. The number of hydrogen-bond donors (Lipinski definition) is 1. The van der Waals surface area contributed by atoms with Crippen molar-refractivity contribution < 1.29 is 9.50 Å². The molecule has 1 atom stereocenters. The van der Waals surface area contributed by atoms with Gasteiger partial charge in [-0.2, -0.15) is 0 Å². The van der Waals surface area contributed by atoms with Crippen LogP contribution in [0, 0.1) is 5.82 Å². The molecule has 20 heavy (non-hydrogen) atoms. The summed E-state index contributed by atoms with van der Waals surface area (Å²) in [4.78, 5) is 2.00. The van der Waals surface area contributed by atoms with Crippen molar-refractivity contribution in [3.8, 4) is 0 Å². The smallest absolute Gasteiger partial charge is 0.123 e. The third kappa shape index (κ3) is 3.81. The normalized spacial score (nSPS) is 12.2. The number of benzene rings is 2. The zero-order valence-electron chi connectivity index (χ0n) is 11.3. The van der Waals surface area contributed by atoms with Crippen molar-refractivity contribution >= 4 is 21.6 Å². The molecule has 0 aromatic heterocycles. The summed E-state index contributed by atoms with van der Waals surface area (Å²) in [5.74, 6) is -0.240. The number of anilines is 1. The van der Waals surface area contributed by atoms with Gasteiger partial charge in [0, 0.05) is 23.8 Å². The van der Waals surface area contributed by atoms with Gasteiger partial charge >= 0.3 is 0 Å². The molecule has 2 aromatic rings. The Bertz CT molecular complexity index is 559. The highest BCUT2D eigenvalue weighted by molar-refractivity contribution is 9.10. The standard InChI is InChI=1S/C16H17BrFNO/c1-19(13-8-6-12(18)7-9-13)11-10-16(20)14-4-2-3-5-15(14)17/h2-9,16,20H,10-11H2,1H3. The van der Waals surface area contributed by atoms with Gasteiger partial charge in [-0.3, -0.25) is 0 Å². The predicted octanol–water partition coefficient (Wildman–Crippen LogP) is 4.15. The molecule has 0 saturated carbocycles. The van der Waals surface area contributed by atoms with Crippen molar-refractivity contribution in [2.75, 3.05) is 18.5 Å². The van der Waals surface area contributed by atoms with E-state index < -0.39 is 6.10 Å². The average molecular weight is 338 g/mol. The molecule has 1 unspecified atom stereocenters. The fraction of sp³-hybridized carbons (Fsp3) is 0.250. The number of aliphatic hydroxyl groups excluding tert-OH is 1. The first-order chi connectivity index (χ1) is 9.58. The van der Waals surface area contributed by atoms with E-state index in [0.717, 1.165) is 15.7 Å². The van der Waals surface area contributed by atoms with E-state index in [2.05, 4.69) is 15.9 Å². The van der Waals surface area contributed by atoms with Gasteiger partial charge in [-0.25, -0.2) is 4.39 Å². The van der Waals surface area contributed by atoms with Crippen LogP contribution in [-0.2, 0) is 0 Å². The van der Waals surface area contributed by atoms with Crippen LogP contribution in [0.1, 0.15) is 18.1 Å². The molecule has 0 bridgehead atoms. The molecule has 106 valence electrons. The molecule has 2 aromatic carbocycles. The quantitative estimate of drug-likeness (QED) is 0.885. The Morgan fingerprint density at radius 2 is 1.80 bits per heavy atom. The summed E-state index contributed by atoms with van der Waals surface area (Å²) < 4.78 is 13.8. The summed E-state index contributed by atoms with van der Waals surface area (Å²) in [7, 11) is 1.93. The second-order valence-electron chi connectivity index (χ2n) is 4.72.